The van der Waals surface area contributed by atoms with Crippen LogP contribution in [-0.4, -0.2) is 30.2 Å². The Morgan fingerprint density at radius 2 is 1.85 bits per heavy atom. The van der Waals surface area contributed by atoms with E-state index in [9.17, 15) is 4.79 Å². The van der Waals surface area contributed by atoms with E-state index in [-0.39, 0.29) is 5.56 Å². The number of nitrogens with zero attached hydrogens (tertiary/aromatic N) is 2. The van der Waals surface area contributed by atoms with Gasteiger partial charge in [-0.05, 0) is 24.0 Å². The number of methoxy groups -OCH3 is 1. The summed E-state index contributed by atoms with van der Waals surface area (Å²) in [4.78, 5) is 20.7. The zero-order valence-corrected chi connectivity index (χ0v) is 11.4. The molecule has 1 N–H and O–H groups in total. The van der Waals surface area contributed by atoms with Crippen LogP contribution < -0.4 is 15.2 Å². The van der Waals surface area contributed by atoms with Gasteiger partial charge in [-0.3, -0.25) is 4.79 Å². The van der Waals surface area contributed by atoms with E-state index in [2.05, 4.69) is 39.1 Å². The molecule has 0 atom stereocenters. The summed E-state index contributed by atoms with van der Waals surface area (Å²) in [7, 11) is 1.50. The molecule has 0 radical (unpaired) electrons. The van der Waals surface area contributed by atoms with Crippen LogP contribution in [0, 0.1) is 0 Å². The summed E-state index contributed by atoms with van der Waals surface area (Å²) in [5, 5.41) is 0. The Balaban J connectivity index is 1.91. The SMILES string of the molecule is COc1c(N2CCc3ccccc3CC2)nc[nH]c1=O. The standard InChI is InChI=1S/C15H17N3O2/c1-20-13-14(16-10-17-15(13)19)18-8-6-11-4-2-3-5-12(11)7-9-18/h2-5,10H,6-9H2,1H3,(H,16,17,19). The quantitative estimate of drug-likeness (QED) is 0.896. The molecule has 0 fully saturated rings. The van der Waals surface area contributed by atoms with Gasteiger partial charge in [-0.1, -0.05) is 24.3 Å². The molecular weight excluding hydrogens is 254 g/mol. The van der Waals surface area contributed by atoms with Crippen molar-refractivity contribution in [1.82, 2.24) is 9.97 Å². The normalized spacial score (nSPS) is 14.6. The lowest BCUT2D eigenvalue weighted by molar-refractivity contribution is 0.405. The fourth-order valence-electron chi connectivity index (χ4n) is 2.67. The van der Waals surface area contributed by atoms with E-state index in [0.29, 0.717) is 11.6 Å². The number of hydrogen-bond acceptors (Lipinski definition) is 4. The van der Waals surface area contributed by atoms with Crippen molar-refractivity contribution in [3.8, 4) is 5.75 Å². The molecule has 20 heavy (non-hydrogen) atoms. The molecule has 1 aromatic heterocycles. The van der Waals surface area contributed by atoms with Crippen LogP contribution in [0.4, 0.5) is 5.82 Å². The molecule has 0 aliphatic carbocycles. The molecule has 1 aromatic carbocycles. The summed E-state index contributed by atoms with van der Waals surface area (Å²) in [5.74, 6) is 0.919. The molecule has 5 nitrogen and oxygen atoms in total. The maximum Gasteiger partial charge on any atom is 0.295 e. The molecule has 0 unspecified atom stereocenters. The predicted octanol–water partition coefficient (Wildman–Crippen LogP) is 1.38. The highest BCUT2D eigenvalue weighted by Crippen LogP contribution is 2.24. The number of aromatic nitrogens is 2. The first-order valence-electron chi connectivity index (χ1n) is 6.73. The van der Waals surface area contributed by atoms with Gasteiger partial charge in [0, 0.05) is 13.1 Å². The molecule has 2 aromatic rings. The number of hydrogen-bond donors (Lipinski definition) is 1. The Bertz CT molecular complexity index is 639. The lowest BCUT2D eigenvalue weighted by atomic mass is 10.0. The molecule has 0 spiro atoms. The van der Waals surface area contributed by atoms with E-state index >= 15 is 0 Å². The van der Waals surface area contributed by atoms with E-state index in [1.165, 1.54) is 24.6 Å². The smallest absolute Gasteiger partial charge is 0.295 e. The first-order chi connectivity index (χ1) is 9.79. The molecular formula is C15H17N3O2. The number of anilines is 1. The lowest BCUT2D eigenvalue weighted by Crippen LogP contribution is -2.29. The second-order valence-corrected chi connectivity index (χ2v) is 4.84. The molecule has 0 saturated heterocycles. The highest BCUT2D eigenvalue weighted by Gasteiger charge is 2.19. The minimum atomic E-state index is -0.237. The highest BCUT2D eigenvalue weighted by atomic mass is 16.5. The number of nitrogens with one attached hydrogen (secondary N) is 1. The number of benzene rings is 1. The minimum Gasteiger partial charge on any atom is -0.489 e. The molecule has 1 aliphatic heterocycles. The fraction of sp³-hybridized carbons (Fsp3) is 0.333. The van der Waals surface area contributed by atoms with Crippen molar-refractivity contribution in [2.45, 2.75) is 12.8 Å². The van der Waals surface area contributed by atoms with E-state index in [1.54, 1.807) is 0 Å². The summed E-state index contributed by atoms with van der Waals surface area (Å²) in [6, 6.07) is 8.48. The third-order valence-electron chi connectivity index (χ3n) is 3.72. The largest absolute Gasteiger partial charge is 0.489 e. The Morgan fingerprint density at radius 3 is 2.45 bits per heavy atom. The molecule has 0 amide bonds. The average Bonchev–Trinajstić information content (AvgIpc) is 2.69. The molecule has 0 saturated carbocycles. The van der Waals surface area contributed by atoms with Crippen molar-refractivity contribution < 1.29 is 4.74 Å². The van der Waals surface area contributed by atoms with Gasteiger partial charge in [-0.15, -0.1) is 0 Å². The summed E-state index contributed by atoms with van der Waals surface area (Å²) in [6.45, 7) is 1.67. The predicted molar refractivity (Wildman–Crippen MR) is 77.5 cm³/mol. The van der Waals surface area contributed by atoms with Crippen molar-refractivity contribution in [2.24, 2.45) is 0 Å². The van der Waals surface area contributed by atoms with E-state index < -0.39 is 0 Å². The molecule has 104 valence electrons. The lowest BCUT2D eigenvalue weighted by Gasteiger charge is -2.22. The molecule has 1 aliphatic rings. The maximum absolute atomic E-state index is 11.8. The summed E-state index contributed by atoms with van der Waals surface area (Å²) in [5.41, 5.74) is 2.51. The topological polar surface area (TPSA) is 58.2 Å². The Morgan fingerprint density at radius 1 is 1.20 bits per heavy atom. The monoisotopic (exact) mass is 271 g/mol. The van der Waals surface area contributed by atoms with Crippen LogP contribution in [0.1, 0.15) is 11.1 Å². The third kappa shape index (κ3) is 2.27. The number of fused-ring (bicyclic) bond motifs is 1. The fourth-order valence-corrected chi connectivity index (χ4v) is 2.67. The first-order valence-corrected chi connectivity index (χ1v) is 6.73. The van der Waals surface area contributed by atoms with Crippen molar-refractivity contribution >= 4 is 5.82 Å². The van der Waals surface area contributed by atoms with Crippen molar-refractivity contribution in [3.63, 3.8) is 0 Å². The summed E-state index contributed by atoms with van der Waals surface area (Å²) < 4.78 is 5.20. The number of rotatable bonds is 2. The Kier molecular flexibility index (Phi) is 3.41. The van der Waals surface area contributed by atoms with Gasteiger partial charge in [0.25, 0.3) is 5.56 Å². The first kappa shape index (κ1) is 12.7. The second kappa shape index (κ2) is 5.36. The zero-order valence-electron chi connectivity index (χ0n) is 11.4. The number of aromatic amines is 1. The molecule has 0 bridgehead atoms. The Labute approximate surface area is 117 Å². The van der Waals surface area contributed by atoms with E-state index in [4.69, 9.17) is 4.74 Å². The van der Waals surface area contributed by atoms with Crippen LogP contribution >= 0.6 is 0 Å². The van der Waals surface area contributed by atoms with Gasteiger partial charge < -0.3 is 14.6 Å². The Hall–Kier alpha value is -2.30. The van der Waals surface area contributed by atoms with Crippen molar-refractivity contribution in [2.75, 3.05) is 25.1 Å². The zero-order chi connectivity index (χ0) is 13.9. The highest BCUT2D eigenvalue weighted by molar-refractivity contribution is 5.51. The van der Waals surface area contributed by atoms with Gasteiger partial charge >= 0.3 is 0 Å². The molecule has 5 heteroatoms. The second-order valence-electron chi connectivity index (χ2n) is 4.84. The van der Waals surface area contributed by atoms with Crippen LogP contribution in [0.15, 0.2) is 35.4 Å². The number of H-pyrrole nitrogens is 1. The van der Waals surface area contributed by atoms with Gasteiger partial charge in [-0.25, -0.2) is 4.98 Å². The van der Waals surface area contributed by atoms with Gasteiger partial charge in [0.1, 0.15) is 0 Å². The van der Waals surface area contributed by atoms with E-state index in [1.807, 2.05) is 0 Å². The molecule has 3 rings (SSSR count). The van der Waals surface area contributed by atoms with Crippen LogP contribution in [0.2, 0.25) is 0 Å². The van der Waals surface area contributed by atoms with Gasteiger partial charge in [0.15, 0.2) is 5.82 Å². The summed E-state index contributed by atoms with van der Waals surface area (Å²) in [6.07, 6.45) is 3.33. The number of ether oxygens (including phenoxy) is 1. The van der Waals surface area contributed by atoms with Crippen LogP contribution in [0.25, 0.3) is 0 Å². The maximum atomic E-state index is 11.8. The van der Waals surface area contributed by atoms with Crippen molar-refractivity contribution in [1.29, 1.82) is 0 Å². The average molecular weight is 271 g/mol. The van der Waals surface area contributed by atoms with Crippen LogP contribution in [0.5, 0.6) is 5.75 Å². The van der Waals surface area contributed by atoms with Crippen LogP contribution in [0.3, 0.4) is 0 Å². The molecule has 2 heterocycles. The third-order valence-corrected chi connectivity index (χ3v) is 3.72. The van der Waals surface area contributed by atoms with Crippen LogP contribution in [-0.2, 0) is 12.8 Å². The van der Waals surface area contributed by atoms with Gasteiger partial charge in [0.05, 0.1) is 13.4 Å². The van der Waals surface area contributed by atoms with Gasteiger partial charge in [0.2, 0.25) is 5.75 Å². The van der Waals surface area contributed by atoms with E-state index in [0.717, 1.165) is 25.9 Å². The van der Waals surface area contributed by atoms with Gasteiger partial charge in [-0.2, -0.15) is 0 Å². The summed E-state index contributed by atoms with van der Waals surface area (Å²) >= 11 is 0. The minimum absolute atomic E-state index is 0.237. The van der Waals surface area contributed by atoms with Crippen molar-refractivity contribution in [3.05, 3.63) is 52.1 Å².